The molecule has 1 N–H and O–H groups in total. The Morgan fingerprint density at radius 1 is 1.11 bits per heavy atom. The van der Waals surface area contributed by atoms with Crippen molar-refractivity contribution in [3.05, 3.63) is 34.9 Å². The molecule has 0 saturated carbocycles. The Balaban J connectivity index is 2.13. The highest BCUT2D eigenvalue weighted by atomic mass is 35.5. The minimum absolute atomic E-state index is 0.339. The van der Waals surface area contributed by atoms with Gasteiger partial charge < -0.3 is 10.1 Å². The molecule has 0 heterocycles. The molecule has 0 aliphatic carbocycles. The standard InChI is InChI=1S/C15H24ClNO/c1-12(2)18-11-5-4-10-17-13(3)14-6-8-15(16)9-7-14/h6-9,12-13,17H,4-5,10-11H2,1-3H3. The molecule has 0 aromatic heterocycles. The molecule has 1 aromatic rings. The summed E-state index contributed by atoms with van der Waals surface area (Å²) in [5, 5.41) is 4.30. The predicted octanol–water partition coefficient (Wildman–Crippen LogP) is 4.20. The SMILES string of the molecule is CC(C)OCCCCNC(C)c1ccc(Cl)cc1. The summed E-state index contributed by atoms with van der Waals surface area (Å²) in [5.74, 6) is 0. The highest BCUT2D eigenvalue weighted by Gasteiger charge is 2.03. The van der Waals surface area contributed by atoms with Crippen molar-refractivity contribution in [1.29, 1.82) is 0 Å². The van der Waals surface area contributed by atoms with Gasteiger partial charge in [0.25, 0.3) is 0 Å². The molecule has 0 bridgehead atoms. The molecular formula is C15H24ClNO. The van der Waals surface area contributed by atoms with Crippen molar-refractivity contribution in [2.24, 2.45) is 0 Å². The largest absolute Gasteiger partial charge is 0.379 e. The van der Waals surface area contributed by atoms with Crippen LogP contribution in [0, 0.1) is 0 Å². The van der Waals surface area contributed by atoms with E-state index in [0.717, 1.165) is 31.0 Å². The van der Waals surface area contributed by atoms with E-state index < -0.39 is 0 Å². The second kappa shape index (κ2) is 8.52. The van der Waals surface area contributed by atoms with Crippen LogP contribution < -0.4 is 5.32 Å². The lowest BCUT2D eigenvalue weighted by molar-refractivity contribution is 0.0759. The molecule has 1 aromatic carbocycles. The Morgan fingerprint density at radius 2 is 1.78 bits per heavy atom. The van der Waals surface area contributed by atoms with E-state index in [2.05, 4.69) is 38.2 Å². The molecule has 0 spiro atoms. The van der Waals surface area contributed by atoms with Crippen LogP contribution in [0.15, 0.2) is 24.3 Å². The van der Waals surface area contributed by atoms with Crippen molar-refractivity contribution in [3.8, 4) is 0 Å². The van der Waals surface area contributed by atoms with Crippen LogP contribution in [-0.2, 0) is 4.74 Å². The fourth-order valence-electron chi connectivity index (χ4n) is 1.73. The molecule has 0 radical (unpaired) electrons. The smallest absolute Gasteiger partial charge is 0.0518 e. The minimum Gasteiger partial charge on any atom is -0.379 e. The van der Waals surface area contributed by atoms with E-state index in [-0.39, 0.29) is 0 Å². The van der Waals surface area contributed by atoms with E-state index in [1.165, 1.54) is 5.56 Å². The van der Waals surface area contributed by atoms with Gasteiger partial charge in [0.15, 0.2) is 0 Å². The molecule has 0 amide bonds. The van der Waals surface area contributed by atoms with Crippen LogP contribution in [0.25, 0.3) is 0 Å². The zero-order valence-corrected chi connectivity index (χ0v) is 12.3. The Labute approximate surface area is 116 Å². The third-order valence-corrected chi connectivity index (χ3v) is 3.09. The Bertz CT molecular complexity index is 324. The summed E-state index contributed by atoms with van der Waals surface area (Å²) in [6.45, 7) is 8.19. The van der Waals surface area contributed by atoms with Crippen molar-refractivity contribution in [2.45, 2.75) is 45.8 Å². The van der Waals surface area contributed by atoms with Gasteiger partial charge in [-0.25, -0.2) is 0 Å². The molecular weight excluding hydrogens is 246 g/mol. The molecule has 3 heteroatoms. The molecule has 1 unspecified atom stereocenters. The normalized spacial score (nSPS) is 12.9. The zero-order valence-electron chi connectivity index (χ0n) is 11.6. The van der Waals surface area contributed by atoms with Crippen LogP contribution >= 0.6 is 11.6 Å². The van der Waals surface area contributed by atoms with E-state index in [1.807, 2.05) is 12.1 Å². The maximum absolute atomic E-state index is 5.87. The van der Waals surface area contributed by atoms with Crippen molar-refractivity contribution < 1.29 is 4.74 Å². The van der Waals surface area contributed by atoms with Gasteiger partial charge in [0, 0.05) is 17.7 Å². The fourth-order valence-corrected chi connectivity index (χ4v) is 1.86. The van der Waals surface area contributed by atoms with Gasteiger partial charge in [-0.3, -0.25) is 0 Å². The second-order valence-corrected chi connectivity index (χ2v) is 5.29. The predicted molar refractivity (Wildman–Crippen MR) is 78.2 cm³/mol. The van der Waals surface area contributed by atoms with Gasteiger partial charge in [-0.05, 0) is 57.9 Å². The summed E-state index contributed by atoms with van der Waals surface area (Å²) >= 11 is 5.87. The van der Waals surface area contributed by atoms with Crippen LogP contribution in [0.5, 0.6) is 0 Å². The average Bonchev–Trinajstić information content (AvgIpc) is 2.34. The van der Waals surface area contributed by atoms with Crippen molar-refractivity contribution in [3.63, 3.8) is 0 Å². The van der Waals surface area contributed by atoms with Crippen molar-refractivity contribution in [2.75, 3.05) is 13.2 Å². The lowest BCUT2D eigenvalue weighted by Crippen LogP contribution is -2.20. The Morgan fingerprint density at radius 3 is 2.39 bits per heavy atom. The van der Waals surface area contributed by atoms with Gasteiger partial charge in [0.1, 0.15) is 0 Å². The quantitative estimate of drug-likeness (QED) is 0.715. The van der Waals surface area contributed by atoms with Crippen LogP contribution in [0.2, 0.25) is 5.02 Å². The number of rotatable bonds is 8. The molecule has 1 atom stereocenters. The summed E-state index contributed by atoms with van der Waals surface area (Å²) in [4.78, 5) is 0. The third-order valence-electron chi connectivity index (χ3n) is 2.84. The summed E-state index contributed by atoms with van der Waals surface area (Å²) in [5.41, 5.74) is 1.28. The van der Waals surface area contributed by atoms with E-state index in [9.17, 15) is 0 Å². The topological polar surface area (TPSA) is 21.3 Å². The fraction of sp³-hybridized carbons (Fsp3) is 0.600. The lowest BCUT2D eigenvalue weighted by Gasteiger charge is -2.14. The molecule has 18 heavy (non-hydrogen) atoms. The number of unbranched alkanes of at least 4 members (excludes halogenated alkanes) is 1. The minimum atomic E-state index is 0.339. The van der Waals surface area contributed by atoms with Crippen molar-refractivity contribution in [1.82, 2.24) is 5.32 Å². The van der Waals surface area contributed by atoms with Gasteiger partial charge in [0.05, 0.1) is 6.10 Å². The summed E-state index contributed by atoms with van der Waals surface area (Å²) in [6, 6.07) is 8.38. The molecule has 0 saturated heterocycles. The van der Waals surface area contributed by atoms with Gasteiger partial charge in [-0.15, -0.1) is 0 Å². The second-order valence-electron chi connectivity index (χ2n) is 4.85. The number of nitrogens with one attached hydrogen (secondary N) is 1. The van der Waals surface area contributed by atoms with E-state index in [0.29, 0.717) is 12.1 Å². The summed E-state index contributed by atoms with van der Waals surface area (Å²) in [7, 11) is 0. The summed E-state index contributed by atoms with van der Waals surface area (Å²) in [6.07, 6.45) is 2.59. The monoisotopic (exact) mass is 269 g/mol. The van der Waals surface area contributed by atoms with Crippen LogP contribution in [0.3, 0.4) is 0 Å². The summed E-state index contributed by atoms with van der Waals surface area (Å²) < 4.78 is 5.50. The Hall–Kier alpha value is -0.570. The van der Waals surface area contributed by atoms with Gasteiger partial charge in [0.2, 0.25) is 0 Å². The molecule has 0 aliphatic heterocycles. The molecule has 102 valence electrons. The van der Waals surface area contributed by atoms with Gasteiger partial charge in [-0.2, -0.15) is 0 Å². The molecule has 2 nitrogen and oxygen atoms in total. The van der Waals surface area contributed by atoms with E-state index >= 15 is 0 Å². The van der Waals surface area contributed by atoms with Crippen molar-refractivity contribution >= 4 is 11.6 Å². The van der Waals surface area contributed by atoms with Crippen LogP contribution in [0.1, 0.15) is 45.2 Å². The highest BCUT2D eigenvalue weighted by Crippen LogP contribution is 2.15. The Kier molecular flexibility index (Phi) is 7.33. The average molecular weight is 270 g/mol. The van der Waals surface area contributed by atoms with Crippen LogP contribution in [0.4, 0.5) is 0 Å². The van der Waals surface area contributed by atoms with Gasteiger partial charge >= 0.3 is 0 Å². The molecule has 0 aliphatic rings. The zero-order chi connectivity index (χ0) is 13.4. The maximum atomic E-state index is 5.87. The molecule has 1 rings (SSSR count). The van der Waals surface area contributed by atoms with Gasteiger partial charge in [-0.1, -0.05) is 23.7 Å². The molecule has 0 fully saturated rings. The number of ether oxygens (including phenoxy) is 1. The highest BCUT2D eigenvalue weighted by molar-refractivity contribution is 6.30. The third kappa shape index (κ3) is 6.39. The first-order chi connectivity index (χ1) is 8.59. The first-order valence-corrected chi connectivity index (χ1v) is 7.08. The van der Waals surface area contributed by atoms with E-state index in [4.69, 9.17) is 16.3 Å². The number of halogens is 1. The number of benzene rings is 1. The number of hydrogen-bond acceptors (Lipinski definition) is 2. The number of hydrogen-bond donors (Lipinski definition) is 1. The first kappa shape index (κ1) is 15.5. The lowest BCUT2D eigenvalue weighted by atomic mass is 10.1. The maximum Gasteiger partial charge on any atom is 0.0518 e. The first-order valence-electron chi connectivity index (χ1n) is 6.70. The van der Waals surface area contributed by atoms with Crippen LogP contribution in [-0.4, -0.2) is 19.3 Å². The van der Waals surface area contributed by atoms with E-state index in [1.54, 1.807) is 0 Å².